The molecule has 1 aromatic heterocycles. The van der Waals surface area contributed by atoms with Crippen molar-refractivity contribution in [3.05, 3.63) is 53.9 Å². The van der Waals surface area contributed by atoms with Crippen molar-refractivity contribution in [2.24, 2.45) is 5.92 Å². The summed E-state index contributed by atoms with van der Waals surface area (Å²) in [5.74, 6) is 1.50. The van der Waals surface area contributed by atoms with Crippen molar-refractivity contribution in [2.75, 3.05) is 52.9 Å². The van der Waals surface area contributed by atoms with Gasteiger partial charge in [-0.3, -0.25) is 14.5 Å². The lowest BCUT2D eigenvalue weighted by atomic mass is 9.96. The van der Waals surface area contributed by atoms with Crippen LogP contribution < -0.4 is 20.1 Å². The Morgan fingerprint density at radius 3 is 2.71 bits per heavy atom. The minimum Gasteiger partial charge on any atom is -0.493 e. The Kier molecular flexibility index (Phi) is 9.28. The molecule has 11 nitrogen and oxygen atoms in total. The number of carbonyl (C=O) groups is 2. The SMILES string of the molecule is COCCNC(=O)c1ccccc1NC(=O)C1CCCN(Cc2nc(-c3ccc(OC)c(OC)c3)no2)C1. The van der Waals surface area contributed by atoms with Crippen molar-refractivity contribution >= 4 is 17.5 Å². The maximum Gasteiger partial charge on any atom is 0.253 e. The van der Waals surface area contributed by atoms with Crippen molar-refractivity contribution in [3.63, 3.8) is 0 Å². The van der Waals surface area contributed by atoms with E-state index >= 15 is 0 Å². The third kappa shape index (κ3) is 6.67. The van der Waals surface area contributed by atoms with Crippen LogP contribution in [0, 0.1) is 5.92 Å². The highest BCUT2D eigenvalue weighted by Gasteiger charge is 2.28. The second-order valence-electron chi connectivity index (χ2n) is 8.94. The average molecular weight is 524 g/mol. The maximum absolute atomic E-state index is 13.1. The third-order valence-corrected chi connectivity index (χ3v) is 6.37. The van der Waals surface area contributed by atoms with Gasteiger partial charge in [-0.2, -0.15) is 4.98 Å². The van der Waals surface area contributed by atoms with E-state index in [1.165, 1.54) is 0 Å². The number of nitrogens with zero attached hydrogens (tertiary/aromatic N) is 3. The molecule has 2 N–H and O–H groups in total. The first kappa shape index (κ1) is 27.1. The molecule has 0 saturated carbocycles. The van der Waals surface area contributed by atoms with E-state index in [9.17, 15) is 9.59 Å². The van der Waals surface area contributed by atoms with E-state index in [0.717, 1.165) is 24.9 Å². The second-order valence-corrected chi connectivity index (χ2v) is 8.94. The first-order valence-electron chi connectivity index (χ1n) is 12.5. The van der Waals surface area contributed by atoms with Crippen LogP contribution in [0.5, 0.6) is 11.5 Å². The maximum atomic E-state index is 13.1. The molecule has 1 atom stereocenters. The number of benzene rings is 2. The van der Waals surface area contributed by atoms with Crippen LogP contribution in [0.4, 0.5) is 5.69 Å². The minimum atomic E-state index is -0.259. The predicted molar refractivity (Wildman–Crippen MR) is 140 cm³/mol. The highest BCUT2D eigenvalue weighted by Crippen LogP contribution is 2.31. The molecule has 1 fully saturated rings. The number of nitrogens with one attached hydrogen (secondary N) is 2. The molecule has 11 heteroatoms. The summed E-state index contributed by atoms with van der Waals surface area (Å²) in [6, 6.07) is 12.4. The van der Waals surface area contributed by atoms with Crippen molar-refractivity contribution in [3.8, 4) is 22.9 Å². The Balaban J connectivity index is 1.37. The smallest absolute Gasteiger partial charge is 0.253 e. The first-order chi connectivity index (χ1) is 18.5. The van der Waals surface area contributed by atoms with Gasteiger partial charge in [0.25, 0.3) is 5.91 Å². The predicted octanol–water partition coefficient (Wildman–Crippen LogP) is 2.98. The Labute approximate surface area is 221 Å². The Hall–Kier alpha value is -3.96. The van der Waals surface area contributed by atoms with Gasteiger partial charge in [0.15, 0.2) is 11.5 Å². The Morgan fingerprint density at radius 1 is 1.11 bits per heavy atom. The van der Waals surface area contributed by atoms with Gasteiger partial charge in [0.05, 0.1) is 44.5 Å². The summed E-state index contributed by atoms with van der Waals surface area (Å²) in [4.78, 5) is 32.4. The van der Waals surface area contributed by atoms with E-state index < -0.39 is 0 Å². The minimum absolute atomic E-state index is 0.122. The molecule has 0 radical (unpaired) electrons. The molecule has 38 heavy (non-hydrogen) atoms. The number of anilines is 1. The number of hydrogen-bond acceptors (Lipinski definition) is 9. The molecule has 1 aliphatic heterocycles. The van der Waals surface area contributed by atoms with Crippen LogP contribution >= 0.6 is 0 Å². The summed E-state index contributed by atoms with van der Waals surface area (Å²) >= 11 is 0. The summed E-state index contributed by atoms with van der Waals surface area (Å²) < 4.78 is 21.1. The average Bonchev–Trinajstić information content (AvgIpc) is 3.41. The van der Waals surface area contributed by atoms with E-state index in [1.807, 2.05) is 6.07 Å². The Morgan fingerprint density at radius 2 is 1.92 bits per heavy atom. The molecule has 2 amide bonds. The molecule has 3 aromatic rings. The quantitative estimate of drug-likeness (QED) is 0.365. The van der Waals surface area contributed by atoms with Crippen molar-refractivity contribution < 1.29 is 28.3 Å². The van der Waals surface area contributed by atoms with Gasteiger partial charge in [-0.15, -0.1) is 0 Å². The molecular formula is C27H33N5O6. The molecule has 0 bridgehead atoms. The zero-order chi connectivity index (χ0) is 26.9. The van der Waals surface area contributed by atoms with Crippen LogP contribution in [0.1, 0.15) is 29.1 Å². The number of ether oxygens (including phenoxy) is 3. The molecule has 202 valence electrons. The van der Waals surface area contributed by atoms with Gasteiger partial charge >= 0.3 is 0 Å². The van der Waals surface area contributed by atoms with Gasteiger partial charge in [-0.1, -0.05) is 17.3 Å². The number of piperidine rings is 1. The van der Waals surface area contributed by atoms with Crippen LogP contribution in [-0.2, 0) is 16.1 Å². The lowest BCUT2D eigenvalue weighted by Crippen LogP contribution is -2.40. The zero-order valence-corrected chi connectivity index (χ0v) is 21.9. The highest BCUT2D eigenvalue weighted by molar-refractivity contribution is 6.04. The number of amides is 2. The third-order valence-electron chi connectivity index (χ3n) is 6.37. The van der Waals surface area contributed by atoms with Crippen LogP contribution in [0.3, 0.4) is 0 Å². The van der Waals surface area contributed by atoms with E-state index in [2.05, 4.69) is 25.7 Å². The number of hydrogen-bond donors (Lipinski definition) is 2. The van der Waals surface area contributed by atoms with Crippen molar-refractivity contribution in [2.45, 2.75) is 19.4 Å². The molecule has 1 unspecified atom stereocenters. The van der Waals surface area contributed by atoms with E-state index in [4.69, 9.17) is 18.7 Å². The normalized spacial score (nSPS) is 15.6. The fourth-order valence-electron chi connectivity index (χ4n) is 4.40. The number of para-hydroxylation sites is 1. The molecule has 2 heterocycles. The van der Waals surface area contributed by atoms with E-state index in [0.29, 0.717) is 60.7 Å². The van der Waals surface area contributed by atoms with Gasteiger partial charge in [0.1, 0.15) is 0 Å². The van der Waals surface area contributed by atoms with E-state index in [1.54, 1.807) is 57.7 Å². The number of rotatable bonds is 11. The summed E-state index contributed by atoms with van der Waals surface area (Å²) in [6.07, 6.45) is 1.61. The summed E-state index contributed by atoms with van der Waals surface area (Å²) in [5.41, 5.74) is 1.65. The standard InChI is InChI=1S/C27H33N5O6/c1-35-14-12-28-27(34)20-8-4-5-9-21(20)29-26(33)19-7-6-13-32(16-19)17-24-30-25(31-38-24)18-10-11-22(36-2)23(15-18)37-3/h4-5,8-11,15,19H,6-7,12-14,16-17H2,1-3H3,(H,28,34)(H,29,33). The fourth-order valence-corrected chi connectivity index (χ4v) is 4.40. The molecule has 0 spiro atoms. The number of carbonyl (C=O) groups excluding carboxylic acids is 2. The first-order valence-corrected chi connectivity index (χ1v) is 12.5. The largest absolute Gasteiger partial charge is 0.493 e. The summed E-state index contributed by atoms with van der Waals surface area (Å²) in [5, 5.41) is 9.86. The molecule has 4 rings (SSSR count). The molecule has 1 saturated heterocycles. The van der Waals surface area contributed by atoms with Gasteiger partial charge in [0.2, 0.25) is 17.6 Å². The Bertz CT molecular complexity index is 1250. The number of methoxy groups -OCH3 is 3. The lowest BCUT2D eigenvalue weighted by Gasteiger charge is -2.31. The van der Waals surface area contributed by atoms with Crippen LogP contribution in [-0.4, -0.2) is 74.4 Å². The van der Waals surface area contributed by atoms with Crippen LogP contribution in [0.15, 0.2) is 47.0 Å². The van der Waals surface area contributed by atoms with Gasteiger partial charge in [0, 0.05) is 25.8 Å². The zero-order valence-electron chi connectivity index (χ0n) is 21.9. The van der Waals surface area contributed by atoms with Gasteiger partial charge in [-0.05, 0) is 49.7 Å². The van der Waals surface area contributed by atoms with Crippen LogP contribution in [0.25, 0.3) is 11.4 Å². The number of likely N-dealkylation sites (tertiary alicyclic amines) is 1. The van der Waals surface area contributed by atoms with Crippen LogP contribution in [0.2, 0.25) is 0 Å². The lowest BCUT2D eigenvalue weighted by molar-refractivity contribution is -0.121. The highest BCUT2D eigenvalue weighted by atomic mass is 16.5. The van der Waals surface area contributed by atoms with E-state index in [-0.39, 0.29) is 17.7 Å². The van der Waals surface area contributed by atoms with Crippen molar-refractivity contribution in [1.82, 2.24) is 20.4 Å². The topological polar surface area (TPSA) is 128 Å². The number of aromatic nitrogens is 2. The molecule has 1 aliphatic rings. The molecule has 0 aliphatic carbocycles. The van der Waals surface area contributed by atoms with Crippen molar-refractivity contribution in [1.29, 1.82) is 0 Å². The molecular weight excluding hydrogens is 490 g/mol. The second kappa shape index (κ2) is 13.0. The fraction of sp³-hybridized carbons (Fsp3) is 0.407. The van der Waals surface area contributed by atoms with Gasteiger partial charge < -0.3 is 29.4 Å². The summed E-state index contributed by atoms with van der Waals surface area (Å²) in [6.45, 7) is 2.59. The summed E-state index contributed by atoms with van der Waals surface area (Å²) in [7, 11) is 4.72. The monoisotopic (exact) mass is 523 g/mol. The van der Waals surface area contributed by atoms with Gasteiger partial charge in [-0.25, -0.2) is 0 Å². The molecule has 2 aromatic carbocycles.